The fourth-order valence-corrected chi connectivity index (χ4v) is 3.13. The van der Waals surface area contributed by atoms with Crippen LogP contribution in [0.2, 0.25) is 0 Å². The second-order valence-electron chi connectivity index (χ2n) is 6.10. The smallest absolute Gasteiger partial charge is 0.347 e. The first kappa shape index (κ1) is 18.9. The van der Waals surface area contributed by atoms with Gasteiger partial charge in [0.05, 0.1) is 6.61 Å². The highest BCUT2D eigenvalue weighted by Gasteiger charge is 2.27. The van der Waals surface area contributed by atoms with E-state index in [0.29, 0.717) is 17.1 Å². The molecule has 0 saturated carbocycles. The Morgan fingerprint density at radius 1 is 1.31 bits per heavy atom. The van der Waals surface area contributed by atoms with Crippen LogP contribution in [0.4, 0.5) is 17.4 Å². The number of furan rings is 1. The Morgan fingerprint density at radius 2 is 2.10 bits per heavy atom. The number of esters is 1. The third kappa shape index (κ3) is 3.79. The number of nitrogens with one attached hydrogen (secondary N) is 1. The van der Waals surface area contributed by atoms with Gasteiger partial charge >= 0.3 is 5.97 Å². The van der Waals surface area contributed by atoms with Crippen LogP contribution in [0.15, 0.2) is 56.5 Å². The van der Waals surface area contributed by atoms with Crippen LogP contribution in [0.1, 0.15) is 28.6 Å². The van der Waals surface area contributed by atoms with E-state index in [1.54, 1.807) is 31.5 Å². The number of carbonyl (C=O) groups excluding carboxylic acids is 1. The van der Waals surface area contributed by atoms with Gasteiger partial charge in [0.1, 0.15) is 0 Å². The number of rotatable bonds is 5. The summed E-state index contributed by atoms with van der Waals surface area (Å²) in [4.78, 5) is 20.9. The van der Waals surface area contributed by atoms with Crippen LogP contribution >= 0.6 is 15.9 Å². The maximum atomic E-state index is 12.4. The molecule has 29 heavy (non-hydrogen) atoms. The molecule has 1 aliphatic rings. The quantitative estimate of drug-likeness (QED) is 0.507. The molecular weight excluding hydrogens is 438 g/mol. The summed E-state index contributed by atoms with van der Waals surface area (Å²) in [5.74, 6) is -0.188. The molecule has 0 unspecified atom stereocenters. The number of benzene rings is 1. The molecule has 7 nitrogen and oxygen atoms in total. The van der Waals surface area contributed by atoms with Gasteiger partial charge in [0.15, 0.2) is 22.9 Å². The average Bonchev–Trinajstić information content (AvgIpc) is 3.25. The lowest BCUT2D eigenvalue weighted by molar-refractivity contribution is 0.0524. The lowest BCUT2D eigenvalue weighted by Gasteiger charge is -2.06. The van der Waals surface area contributed by atoms with Crippen LogP contribution in [0.25, 0.3) is 11.6 Å². The summed E-state index contributed by atoms with van der Waals surface area (Å²) in [6.07, 6.45) is 4.90. The third-order valence-electron chi connectivity index (χ3n) is 4.20. The fourth-order valence-electron chi connectivity index (χ4n) is 2.86. The SMILES string of the molecule is CCOC(=O)c1c(Nc2ccc(Br)cc2)oc(C=C2C=Nc3ncccc32)c1O. The summed E-state index contributed by atoms with van der Waals surface area (Å²) in [7, 11) is 0. The largest absolute Gasteiger partial charge is 0.504 e. The van der Waals surface area contributed by atoms with E-state index in [1.807, 2.05) is 30.3 Å². The van der Waals surface area contributed by atoms with Crippen molar-refractivity contribution in [1.29, 1.82) is 0 Å². The number of anilines is 2. The molecule has 0 bridgehead atoms. The summed E-state index contributed by atoms with van der Waals surface area (Å²) in [5, 5.41) is 13.7. The Balaban J connectivity index is 1.76. The Morgan fingerprint density at radius 3 is 2.86 bits per heavy atom. The summed E-state index contributed by atoms with van der Waals surface area (Å²) in [6, 6.07) is 11.0. The monoisotopic (exact) mass is 453 g/mol. The predicted octanol–water partition coefficient (Wildman–Crippen LogP) is 5.32. The van der Waals surface area contributed by atoms with Gasteiger partial charge in [0.2, 0.25) is 5.88 Å². The summed E-state index contributed by atoms with van der Waals surface area (Å²) in [6.45, 7) is 1.86. The van der Waals surface area contributed by atoms with Crippen molar-refractivity contribution >= 4 is 57.2 Å². The average molecular weight is 454 g/mol. The Kier molecular flexibility index (Phi) is 5.18. The number of fused-ring (bicyclic) bond motifs is 1. The first-order chi connectivity index (χ1) is 14.1. The first-order valence-corrected chi connectivity index (χ1v) is 9.62. The van der Waals surface area contributed by atoms with Crippen molar-refractivity contribution in [1.82, 2.24) is 4.98 Å². The van der Waals surface area contributed by atoms with Crippen molar-refractivity contribution in [3.05, 3.63) is 64.0 Å². The molecule has 0 spiro atoms. The molecule has 0 atom stereocenters. The highest BCUT2D eigenvalue weighted by atomic mass is 79.9. The van der Waals surface area contributed by atoms with E-state index in [-0.39, 0.29) is 29.6 Å². The number of aromatic nitrogens is 1. The van der Waals surface area contributed by atoms with Gasteiger partial charge in [-0.2, -0.15) is 0 Å². The van der Waals surface area contributed by atoms with Crippen LogP contribution in [0.3, 0.4) is 0 Å². The topological polar surface area (TPSA) is 97.0 Å². The minimum atomic E-state index is -0.680. The standard InChI is InChI=1S/C21H16BrN3O4/c1-2-28-21(27)17-18(26)16(10-12-11-24-19-15(12)4-3-9-23-19)29-20(17)25-14-7-5-13(22)6-8-14/h3-11,25-26H,2H2,1H3. The van der Waals surface area contributed by atoms with Crippen molar-refractivity contribution in [2.45, 2.75) is 6.92 Å². The number of aliphatic imine (C=N–C) groups is 1. The maximum Gasteiger partial charge on any atom is 0.347 e. The summed E-state index contributed by atoms with van der Waals surface area (Å²) < 4.78 is 11.8. The van der Waals surface area contributed by atoms with Crippen molar-refractivity contribution in [3.8, 4) is 5.75 Å². The molecule has 3 aromatic rings. The van der Waals surface area contributed by atoms with Gasteiger partial charge in [-0.3, -0.25) is 0 Å². The van der Waals surface area contributed by atoms with Gasteiger partial charge in [0.25, 0.3) is 0 Å². The van der Waals surface area contributed by atoms with Gasteiger partial charge in [-0.05, 0) is 49.4 Å². The van der Waals surface area contributed by atoms with E-state index < -0.39 is 5.97 Å². The number of pyridine rings is 1. The summed E-state index contributed by atoms with van der Waals surface area (Å²) in [5.41, 5.74) is 2.14. The number of carbonyl (C=O) groups is 1. The Bertz CT molecular complexity index is 1130. The van der Waals surface area contributed by atoms with E-state index >= 15 is 0 Å². The van der Waals surface area contributed by atoms with E-state index in [2.05, 4.69) is 31.2 Å². The number of hydrogen-bond donors (Lipinski definition) is 2. The van der Waals surface area contributed by atoms with Gasteiger partial charge in [-0.15, -0.1) is 0 Å². The van der Waals surface area contributed by atoms with E-state index in [4.69, 9.17) is 9.15 Å². The van der Waals surface area contributed by atoms with Gasteiger partial charge < -0.3 is 19.6 Å². The number of halogens is 1. The van der Waals surface area contributed by atoms with E-state index in [0.717, 1.165) is 10.0 Å². The molecule has 0 amide bonds. The highest BCUT2D eigenvalue weighted by Crippen LogP contribution is 2.39. The van der Waals surface area contributed by atoms with Crippen LogP contribution in [-0.2, 0) is 4.74 Å². The predicted molar refractivity (Wildman–Crippen MR) is 114 cm³/mol. The molecule has 1 aliphatic heterocycles. The lowest BCUT2D eigenvalue weighted by atomic mass is 10.1. The number of hydrogen-bond acceptors (Lipinski definition) is 7. The zero-order valence-corrected chi connectivity index (χ0v) is 16.9. The van der Waals surface area contributed by atoms with Crippen molar-refractivity contribution in [2.75, 3.05) is 11.9 Å². The van der Waals surface area contributed by atoms with Crippen molar-refractivity contribution in [3.63, 3.8) is 0 Å². The zero-order chi connectivity index (χ0) is 20.4. The second kappa shape index (κ2) is 7.92. The minimum absolute atomic E-state index is 0.0667. The number of nitrogens with zero attached hydrogens (tertiary/aromatic N) is 2. The molecule has 1 aromatic carbocycles. The molecule has 8 heteroatoms. The maximum absolute atomic E-state index is 12.4. The molecule has 0 aliphatic carbocycles. The van der Waals surface area contributed by atoms with Gasteiger partial charge in [-0.1, -0.05) is 15.9 Å². The lowest BCUT2D eigenvalue weighted by Crippen LogP contribution is -2.06. The molecule has 2 aromatic heterocycles. The third-order valence-corrected chi connectivity index (χ3v) is 4.73. The molecule has 2 N–H and O–H groups in total. The molecule has 0 saturated heterocycles. The summed E-state index contributed by atoms with van der Waals surface area (Å²) >= 11 is 3.38. The van der Waals surface area contributed by atoms with E-state index in [1.165, 1.54) is 0 Å². The fraction of sp³-hybridized carbons (Fsp3) is 0.0952. The van der Waals surface area contributed by atoms with E-state index in [9.17, 15) is 9.90 Å². The van der Waals surface area contributed by atoms with Crippen molar-refractivity contribution in [2.24, 2.45) is 4.99 Å². The Labute approximate surface area is 174 Å². The molecule has 0 fully saturated rings. The van der Waals surface area contributed by atoms with Gasteiger partial charge in [0, 0.05) is 33.7 Å². The highest BCUT2D eigenvalue weighted by molar-refractivity contribution is 9.10. The van der Waals surface area contributed by atoms with Gasteiger partial charge in [-0.25, -0.2) is 14.8 Å². The molecule has 4 rings (SSSR count). The number of ether oxygens (including phenoxy) is 1. The van der Waals surface area contributed by atoms with Crippen LogP contribution in [-0.4, -0.2) is 28.9 Å². The molecule has 3 heterocycles. The Hall–Kier alpha value is -3.39. The van der Waals surface area contributed by atoms with Crippen LogP contribution < -0.4 is 5.32 Å². The molecule has 146 valence electrons. The minimum Gasteiger partial charge on any atom is -0.504 e. The second-order valence-corrected chi connectivity index (χ2v) is 7.02. The van der Waals surface area contributed by atoms with Crippen LogP contribution in [0.5, 0.6) is 5.75 Å². The normalized spacial score (nSPS) is 13.5. The van der Waals surface area contributed by atoms with Crippen molar-refractivity contribution < 1.29 is 19.1 Å². The zero-order valence-electron chi connectivity index (χ0n) is 15.3. The van der Waals surface area contributed by atoms with Crippen LogP contribution in [0, 0.1) is 0 Å². The molecule has 0 radical (unpaired) electrons. The number of aromatic hydroxyl groups is 1. The molecular formula is C21H16BrN3O4. The first-order valence-electron chi connectivity index (χ1n) is 8.83. The number of allylic oxidation sites excluding steroid dienone is 1.